The van der Waals surface area contributed by atoms with Crippen molar-refractivity contribution in [3.05, 3.63) is 53.4 Å². The summed E-state index contributed by atoms with van der Waals surface area (Å²) in [5.74, 6) is 0.758. The van der Waals surface area contributed by atoms with E-state index in [0.717, 1.165) is 30.9 Å². The molecule has 1 aromatic carbocycles. The van der Waals surface area contributed by atoms with Crippen molar-refractivity contribution < 1.29 is 4.39 Å². The van der Waals surface area contributed by atoms with Gasteiger partial charge in [-0.2, -0.15) is 0 Å². The Kier molecular flexibility index (Phi) is 4.68. The van der Waals surface area contributed by atoms with Gasteiger partial charge in [0, 0.05) is 31.9 Å². The van der Waals surface area contributed by atoms with Crippen LogP contribution in [0.25, 0.3) is 0 Å². The molecule has 4 heteroatoms. The van der Waals surface area contributed by atoms with E-state index in [-0.39, 0.29) is 5.82 Å². The number of aromatic nitrogens is 2. The summed E-state index contributed by atoms with van der Waals surface area (Å²) in [6, 6.07) is 5.26. The number of benzene rings is 1. The molecule has 19 heavy (non-hydrogen) atoms. The van der Waals surface area contributed by atoms with E-state index in [2.05, 4.69) is 21.8 Å². The van der Waals surface area contributed by atoms with Crippen molar-refractivity contribution in [2.45, 2.75) is 32.9 Å². The normalized spacial score (nSPS) is 10.9. The Morgan fingerprint density at radius 2 is 2.21 bits per heavy atom. The smallest absolute Gasteiger partial charge is 0.126 e. The van der Waals surface area contributed by atoms with Gasteiger partial charge < -0.3 is 9.88 Å². The average molecular weight is 261 g/mol. The molecule has 1 heterocycles. The third-order valence-electron chi connectivity index (χ3n) is 3.11. The predicted octanol–water partition coefficient (Wildman–Crippen LogP) is 2.74. The largest absolute Gasteiger partial charge is 0.335 e. The first-order chi connectivity index (χ1) is 9.24. The molecule has 0 saturated heterocycles. The molecule has 0 fully saturated rings. The molecule has 2 aromatic rings. The second kappa shape index (κ2) is 6.48. The van der Waals surface area contributed by atoms with Crippen molar-refractivity contribution in [2.75, 3.05) is 7.05 Å². The molecule has 0 amide bonds. The van der Waals surface area contributed by atoms with E-state index >= 15 is 0 Å². The third kappa shape index (κ3) is 3.41. The lowest BCUT2D eigenvalue weighted by Gasteiger charge is -2.09. The zero-order valence-electron chi connectivity index (χ0n) is 11.5. The second-order valence-corrected chi connectivity index (χ2v) is 4.67. The summed E-state index contributed by atoms with van der Waals surface area (Å²) in [4.78, 5) is 4.33. The first-order valence-electron chi connectivity index (χ1n) is 6.66. The maximum absolute atomic E-state index is 13.9. The minimum absolute atomic E-state index is 0.161. The van der Waals surface area contributed by atoms with E-state index < -0.39 is 0 Å². The topological polar surface area (TPSA) is 29.9 Å². The van der Waals surface area contributed by atoms with E-state index in [9.17, 15) is 4.39 Å². The highest BCUT2D eigenvalue weighted by molar-refractivity contribution is 5.27. The van der Waals surface area contributed by atoms with Crippen molar-refractivity contribution in [3.8, 4) is 0 Å². The monoisotopic (exact) mass is 261 g/mol. The number of hydrogen-bond donors (Lipinski definition) is 1. The number of halogens is 1. The summed E-state index contributed by atoms with van der Waals surface area (Å²) in [6.07, 6.45) is 5.32. The molecule has 0 aliphatic carbocycles. The van der Waals surface area contributed by atoms with Crippen molar-refractivity contribution in [3.63, 3.8) is 0 Å². The minimum Gasteiger partial charge on any atom is -0.335 e. The standard InChI is InChI=1S/C15H20FN3/c1-3-7-19-8-6-18-15(19)10-13-9-12(11-17-2)4-5-14(13)16/h4-6,8-9,17H,3,7,10-11H2,1-2H3. The van der Waals surface area contributed by atoms with Crippen LogP contribution in [0.4, 0.5) is 4.39 Å². The summed E-state index contributed by atoms with van der Waals surface area (Å²) in [7, 11) is 1.89. The van der Waals surface area contributed by atoms with Crippen LogP contribution in [0.3, 0.4) is 0 Å². The highest BCUT2D eigenvalue weighted by atomic mass is 19.1. The van der Waals surface area contributed by atoms with Gasteiger partial charge in [-0.05, 0) is 30.7 Å². The van der Waals surface area contributed by atoms with Crippen LogP contribution in [-0.4, -0.2) is 16.6 Å². The molecule has 0 atom stereocenters. The van der Waals surface area contributed by atoms with E-state index in [1.807, 2.05) is 25.4 Å². The van der Waals surface area contributed by atoms with Gasteiger partial charge in [0.1, 0.15) is 11.6 Å². The van der Waals surface area contributed by atoms with Crippen LogP contribution in [0.5, 0.6) is 0 Å². The molecular formula is C15H20FN3. The van der Waals surface area contributed by atoms with Crippen LogP contribution in [0.1, 0.15) is 30.3 Å². The fourth-order valence-corrected chi connectivity index (χ4v) is 2.20. The molecule has 3 nitrogen and oxygen atoms in total. The lowest BCUT2D eigenvalue weighted by molar-refractivity contribution is 0.601. The lowest BCUT2D eigenvalue weighted by atomic mass is 10.1. The van der Waals surface area contributed by atoms with Crippen molar-refractivity contribution in [1.29, 1.82) is 0 Å². The maximum Gasteiger partial charge on any atom is 0.126 e. The Morgan fingerprint density at radius 1 is 1.37 bits per heavy atom. The number of imidazole rings is 1. The van der Waals surface area contributed by atoms with Gasteiger partial charge >= 0.3 is 0 Å². The third-order valence-corrected chi connectivity index (χ3v) is 3.11. The lowest BCUT2D eigenvalue weighted by Crippen LogP contribution is -2.08. The van der Waals surface area contributed by atoms with Gasteiger partial charge in [-0.25, -0.2) is 9.37 Å². The molecule has 0 saturated carbocycles. The zero-order valence-corrected chi connectivity index (χ0v) is 11.5. The van der Waals surface area contributed by atoms with Gasteiger partial charge in [0.2, 0.25) is 0 Å². The van der Waals surface area contributed by atoms with Crippen molar-refractivity contribution in [2.24, 2.45) is 0 Å². The molecule has 0 aliphatic rings. The van der Waals surface area contributed by atoms with Gasteiger partial charge in [-0.1, -0.05) is 19.1 Å². The summed E-state index contributed by atoms with van der Waals surface area (Å²) in [5, 5.41) is 3.08. The van der Waals surface area contributed by atoms with Crippen LogP contribution >= 0.6 is 0 Å². The first kappa shape index (κ1) is 13.7. The minimum atomic E-state index is -0.161. The first-order valence-corrected chi connectivity index (χ1v) is 6.66. The van der Waals surface area contributed by atoms with Crippen molar-refractivity contribution in [1.82, 2.24) is 14.9 Å². The van der Waals surface area contributed by atoms with E-state index in [4.69, 9.17) is 0 Å². The fourth-order valence-electron chi connectivity index (χ4n) is 2.20. The molecular weight excluding hydrogens is 241 g/mol. The van der Waals surface area contributed by atoms with Crippen molar-refractivity contribution >= 4 is 0 Å². The molecule has 0 radical (unpaired) electrons. The summed E-state index contributed by atoms with van der Waals surface area (Å²) in [6.45, 7) is 3.79. The number of hydrogen-bond acceptors (Lipinski definition) is 2. The summed E-state index contributed by atoms with van der Waals surface area (Å²) < 4.78 is 15.9. The maximum atomic E-state index is 13.9. The average Bonchev–Trinajstić information content (AvgIpc) is 2.82. The predicted molar refractivity (Wildman–Crippen MR) is 74.5 cm³/mol. The highest BCUT2D eigenvalue weighted by Crippen LogP contribution is 2.15. The van der Waals surface area contributed by atoms with Crippen LogP contribution in [0, 0.1) is 5.82 Å². The SMILES string of the molecule is CCCn1ccnc1Cc1cc(CNC)ccc1F. The van der Waals surface area contributed by atoms with Gasteiger partial charge in [0.25, 0.3) is 0 Å². The molecule has 0 spiro atoms. The van der Waals surface area contributed by atoms with E-state index in [1.165, 1.54) is 6.07 Å². The molecule has 2 rings (SSSR count). The zero-order chi connectivity index (χ0) is 13.7. The van der Waals surface area contributed by atoms with Crippen LogP contribution in [-0.2, 0) is 19.5 Å². The quantitative estimate of drug-likeness (QED) is 0.866. The van der Waals surface area contributed by atoms with E-state index in [0.29, 0.717) is 12.0 Å². The molecule has 1 N–H and O–H groups in total. The fraction of sp³-hybridized carbons (Fsp3) is 0.400. The Bertz CT molecular complexity index is 534. The molecule has 0 aliphatic heterocycles. The van der Waals surface area contributed by atoms with Gasteiger partial charge in [0.15, 0.2) is 0 Å². The molecule has 0 unspecified atom stereocenters. The number of aryl methyl sites for hydroxylation is 1. The summed E-state index contributed by atoms with van der Waals surface area (Å²) in [5.41, 5.74) is 1.80. The Morgan fingerprint density at radius 3 is 2.95 bits per heavy atom. The Hall–Kier alpha value is -1.68. The second-order valence-electron chi connectivity index (χ2n) is 4.67. The van der Waals surface area contributed by atoms with Gasteiger partial charge in [0.05, 0.1) is 0 Å². The molecule has 0 bridgehead atoms. The van der Waals surface area contributed by atoms with Gasteiger partial charge in [-0.3, -0.25) is 0 Å². The van der Waals surface area contributed by atoms with Crippen LogP contribution in [0.15, 0.2) is 30.6 Å². The Balaban J connectivity index is 2.21. The Labute approximate surface area is 113 Å². The van der Waals surface area contributed by atoms with Crippen LogP contribution < -0.4 is 5.32 Å². The van der Waals surface area contributed by atoms with E-state index in [1.54, 1.807) is 6.20 Å². The number of nitrogens with one attached hydrogen (secondary N) is 1. The molecule has 102 valence electrons. The summed E-state index contributed by atoms with van der Waals surface area (Å²) >= 11 is 0. The highest BCUT2D eigenvalue weighted by Gasteiger charge is 2.08. The van der Waals surface area contributed by atoms with Gasteiger partial charge in [-0.15, -0.1) is 0 Å². The van der Waals surface area contributed by atoms with Crippen LogP contribution in [0.2, 0.25) is 0 Å². The number of rotatable bonds is 6. The molecule has 1 aromatic heterocycles. The number of nitrogens with zero attached hydrogens (tertiary/aromatic N) is 2.